The lowest BCUT2D eigenvalue weighted by molar-refractivity contribution is -0.122. The van der Waals surface area contributed by atoms with Gasteiger partial charge < -0.3 is 0 Å². The third kappa shape index (κ3) is 2.03. The molecule has 0 heterocycles. The minimum Gasteiger partial charge on any atom is -0.297 e. The molecule has 2 nitrogen and oxygen atoms in total. The number of rotatable bonds is 3. The minimum absolute atomic E-state index is 0.0777. The molecule has 4 atom stereocenters. The van der Waals surface area contributed by atoms with Crippen LogP contribution in [0.2, 0.25) is 0 Å². The highest BCUT2D eigenvalue weighted by Crippen LogP contribution is 2.75. The Morgan fingerprint density at radius 1 is 0.741 bits per heavy atom. The topological polar surface area (TPSA) is 40.9 Å². The van der Waals surface area contributed by atoms with E-state index in [-0.39, 0.29) is 23.0 Å². The van der Waals surface area contributed by atoms with Gasteiger partial charge in [0.15, 0.2) is 5.78 Å². The third-order valence-corrected chi connectivity index (χ3v) is 6.52. The van der Waals surface area contributed by atoms with Gasteiger partial charge in [-0.05, 0) is 23.1 Å². The van der Waals surface area contributed by atoms with Crippen LogP contribution in [-0.2, 0) is 15.6 Å². The van der Waals surface area contributed by atoms with Crippen molar-refractivity contribution in [2.24, 2.45) is 5.92 Å². The molecule has 2 aliphatic carbocycles. The molecule has 2 saturated carbocycles. The zero-order chi connectivity index (χ0) is 18.5. The van der Waals surface area contributed by atoms with E-state index in [2.05, 4.69) is 30.3 Å². The smallest absolute Gasteiger partial charge is 0.162 e. The van der Waals surface area contributed by atoms with E-state index in [0.29, 0.717) is 6.42 Å². The standard InChI is InChI=1S/C25H19NO/c26-17-24(19-12-6-2-7-13-19)16-25(20-14-8-3-9-15-20)21(22(25)23(24)27)18-10-4-1-5-11-18/h1-15,21-22H,16H2/t21-,22-,24+,25+/m0/s1. The summed E-state index contributed by atoms with van der Waals surface area (Å²) in [5.74, 6) is 0.0925. The van der Waals surface area contributed by atoms with Crippen LogP contribution in [0.25, 0.3) is 0 Å². The number of nitrogens with zero attached hydrogens (tertiary/aromatic N) is 1. The molecule has 0 unspecified atom stereocenters. The largest absolute Gasteiger partial charge is 0.297 e. The van der Waals surface area contributed by atoms with Crippen LogP contribution in [-0.4, -0.2) is 5.78 Å². The van der Waals surface area contributed by atoms with Crippen molar-refractivity contribution in [3.8, 4) is 6.07 Å². The van der Waals surface area contributed by atoms with Gasteiger partial charge in [0.1, 0.15) is 5.41 Å². The number of nitriles is 1. The first-order valence-electron chi connectivity index (χ1n) is 9.35. The molecule has 0 spiro atoms. The Morgan fingerprint density at radius 3 is 1.81 bits per heavy atom. The third-order valence-electron chi connectivity index (χ3n) is 6.52. The first-order chi connectivity index (χ1) is 13.2. The molecule has 5 rings (SSSR count). The van der Waals surface area contributed by atoms with Gasteiger partial charge in [-0.3, -0.25) is 4.79 Å². The molecule has 2 fully saturated rings. The van der Waals surface area contributed by atoms with Gasteiger partial charge in [-0.25, -0.2) is 0 Å². The summed E-state index contributed by atoms with van der Waals surface area (Å²) in [6.07, 6.45) is 0.549. The number of hydrogen-bond acceptors (Lipinski definition) is 2. The second kappa shape index (κ2) is 5.66. The molecular formula is C25H19NO. The molecule has 0 amide bonds. The lowest BCUT2D eigenvalue weighted by Crippen LogP contribution is -2.34. The normalized spacial score (nSPS) is 31.1. The predicted octanol–water partition coefficient (Wildman–Crippen LogP) is 4.77. The monoisotopic (exact) mass is 349 g/mol. The van der Waals surface area contributed by atoms with Crippen molar-refractivity contribution in [3.63, 3.8) is 0 Å². The fraction of sp³-hybridized carbons (Fsp3) is 0.200. The van der Waals surface area contributed by atoms with Gasteiger partial charge in [-0.1, -0.05) is 91.0 Å². The summed E-state index contributed by atoms with van der Waals surface area (Å²) < 4.78 is 0. The quantitative estimate of drug-likeness (QED) is 0.683. The van der Waals surface area contributed by atoms with Crippen LogP contribution < -0.4 is 0 Å². The lowest BCUT2D eigenvalue weighted by atomic mass is 9.72. The van der Waals surface area contributed by atoms with Crippen LogP contribution in [0, 0.1) is 17.2 Å². The summed E-state index contributed by atoms with van der Waals surface area (Å²) >= 11 is 0. The van der Waals surface area contributed by atoms with E-state index in [1.54, 1.807) is 0 Å². The van der Waals surface area contributed by atoms with Crippen molar-refractivity contribution in [1.29, 1.82) is 5.26 Å². The summed E-state index contributed by atoms with van der Waals surface area (Å²) in [7, 11) is 0. The number of carbonyl (C=O) groups excluding carboxylic acids is 1. The highest BCUT2D eigenvalue weighted by molar-refractivity contribution is 6.03. The van der Waals surface area contributed by atoms with Crippen molar-refractivity contribution in [3.05, 3.63) is 108 Å². The number of Topliss-reactive ketones (excluding diaryl/α,β-unsaturated/α-hetero) is 1. The van der Waals surface area contributed by atoms with Crippen LogP contribution in [0.5, 0.6) is 0 Å². The van der Waals surface area contributed by atoms with Gasteiger partial charge in [0, 0.05) is 17.3 Å². The average molecular weight is 349 g/mol. The van der Waals surface area contributed by atoms with Gasteiger partial charge in [0.05, 0.1) is 6.07 Å². The Kier molecular flexibility index (Phi) is 3.36. The zero-order valence-corrected chi connectivity index (χ0v) is 14.9. The maximum absolute atomic E-state index is 13.6. The Morgan fingerprint density at radius 2 is 1.26 bits per heavy atom. The van der Waals surface area contributed by atoms with Crippen molar-refractivity contribution < 1.29 is 4.79 Å². The van der Waals surface area contributed by atoms with Gasteiger partial charge in [-0.15, -0.1) is 0 Å². The summed E-state index contributed by atoms with van der Waals surface area (Å²) in [5.41, 5.74) is 1.86. The maximum atomic E-state index is 13.6. The van der Waals surface area contributed by atoms with Gasteiger partial charge in [0.25, 0.3) is 0 Å². The molecule has 0 saturated heterocycles. The molecule has 0 N–H and O–H groups in total. The van der Waals surface area contributed by atoms with Crippen molar-refractivity contribution >= 4 is 5.78 Å². The summed E-state index contributed by atoms with van der Waals surface area (Å²) in [6, 6.07) is 32.6. The second-order valence-corrected chi connectivity index (χ2v) is 7.70. The SMILES string of the molecule is N#C[C@@]1(c2ccccc2)C[C@]2(c3ccccc3)[C@H](C1=O)[C@@H]2c1ccccc1. The molecule has 0 aliphatic heterocycles. The Balaban J connectivity index is 1.67. The van der Waals surface area contributed by atoms with Crippen molar-refractivity contribution in [2.75, 3.05) is 0 Å². The lowest BCUT2D eigenvalue weighted by Gasteiger charge is -2.27. The van der Waals surface area contributed by atoms with Crippen LogP contribution >= 0.6 is 0 Å². The number of carbonyl (C=O) groups is 1. The number of fused-ring (bicyclic) bond motifs is 1. The second-order valence-electron chi connectivity index (χ2n) is 7.70. The average Bonchev–Trinajstić information content (AvgIpc) is 3.34. The highest BCUT2D eigenvalue weighted by Gasteiger charge is 2.78. The van der Waals surface area contributed by atoms with E-state index in [0.717, 1.165) is 5.56 Å². The van der Waals surface area contributed by atoms with E-state index >= 15 is 0 Å². The van der Waals surface area contributed by atoms with Gasteiger partial charge in [0.2, 0.25) is 0 Å². The number of ketones is 1. The molecule has 2 heteroatoms. The highest BCUT2D eigenvalue weighted by atomic mass is 16.1. The molecule has 3 aromatic carbocycles. The molecule has 0 aromatic heterocycles. The first kappa shape index (κ1) is 16.0. The van der Waals surface area contributed by atoms with Crippen LogP contribution in [0.4, 0.5) is 0 Å². The fourth-order valence-corrected chi connectivity index (χ4v) is 5.32. The zero-order valence-electron chi connectivity index (χ0n) is 14.9. The Labute approximate surface area is 159 Å². The van der Waals surface area contributed by atoms with E-state index in [1.165, 1.54) is 11.1 Å². The Hall–Kier alpha value is -3.18. The van der Waals surface area contributed by atoms with E-state index in [9.17, 15) is 10.1 Å². The molecule has 0 radical (unpaired) electrons. The van der Waals surface area contributed by atoms with Gasteiger partial charge in [-0.2, -0.15) is 5.26 Å². The summed E-state index contributed by atoms with van der Waals surface area (Å²) in [4.78, 5) is 13.6. The molecule has 130 valence electrons. The summed E-state index contributed by atoms with van der Waals surface area (Å²) in [5, 5.41) is 10.1. The van der Waals surface area contributed by atoms with E-state index in [1.807, 2.05) is 66.7 Å². The first-order valence-corrected chi connectivity index (χ1v) is 9.35. The number of benzene rings is 3. The molecule has 27 heavy (non-hydrogen) atoms. The molecular weight excluding hydrogens is 330 g/mol. The van der Waals surface area contributed by atoms with Gasteiger partial charge >= 0.3 is 0 Å². The minimum atomic E-state index is -1.05. The van der Waals surface area contributed by atoms with Crippen LogP contribution in [0.15, 0.2) is 91.0 Å². The van der Waals surface area contributed by atoms with Crippen LogP contribution in [0.3, 0.4) is 0 Å². The summed E-state index contributed by atoms with van der Waals surface area (Å²) in [6.45, 7) is 0. The maximum Gasteiger partial charge on any atom is 0.162 e. The molecule has 0 bridgehead atoms. The van der Waals surface area contributed by atoms with E-state index < -0.39 is 5.41 Å². The number of hydrogen-bond donors (Lipinski definition) is 0. The Bertz CT molecular complexity index is 1040. The van der Waals surface area contributed by atoms with E-state index in [4.69, 9.17) is 0 Å². The molecule has 2 aliphatic rings. The van der Waals surface area contributed by atoms with Crippen LogP contribution in [0.1, 0.15) is 29.0 Å². The van der Waals surface area contributed by atoms with Crippen molar-refractivity contribution in [1.82, 2.24) is 0 Å². The fourth-order valence-electron chi connectivity index (χ4n) is 5.32. The molecule has 3 aromatic rings. The predicted molar refractivity (Wildman–Crippen MR) is 104 cm³/mol. The van der Waals surface area contributed by atoms with Crippen molar-refractivity contribution in [2.45, 2.75) is 23.2 Å².